The van der Waals surface area contributed by atoms with Gasteiger partial charge < -0.3 is 0 Å². The average Bonchev–Trinajstić information content (AvgIpc) is 3.01. The molecule has 0 saturated heterocycles. The smallest absolute Gasteiger partial charge is 0.110 e. The predicted octanol–water partition coefficient (Wildman–Crippen LogP) is 4.53. The van der Waals surface area contributed by atoms with Gasteiger partial charge in [0.25, 0.3) is 0 Å². The number of thiophene rings is 1. The van der Waals surface area contributed by atoms with Gasteiger partial charge in [0.05, 0.1) is 17.6 Å². The molecule has 98 valence electrons. The van der Waals surface area contributed by atoms with E-state index in [-0.39, 0.29) is 0 Å². The van der Waals surface area contributed by atoms with Crippen molar-refractivity contribution < 1.29 is 0 Å². The second-order valence-corrected chi connectivity index (χ2v) is 6.22. The van der Waals surface area contributed by atoms with Gasteiger partial charge >= 0.3 is 0 Å². The molecule has 0 aliphatic rings. The summed E-state index contributed by atoms with van der Waals surface area (Å²) in [7, 11) is 2.16. The number of halogens is 1. The first-order chi connectivity index (χ1) is 8.74. The van der Waals surface area contributed by atoms with E-state index in [9.17, 15) is 0 Å². The van der Waals surface area contributed by atoms with Crippen LogP contribution >= 0.6 is 34.3 Å². The summed E-state index contributed by atoms with van der Waals surface area (Å²) in [5.41, 5.74) is 2.36. The standard InChI is InChI=1S/C13H17ClN2S2/c1-3-12(13-15-11(6-14)9-18-13)16(2)7-10-4-5-17-8-10/h4-5,8-9,12H,3,6-7H2,1-2H3. The van der Waals surface area contributed by atoms with Gasteiger partial charge in [-0.3, -0.25) is 4.90 Å². The van der Waals surface area contributed by atoms with E-state index in [2.05, 4.69) is 46.1 Å². The molecule has 0 radical (unpaired) electrons. The minimum atomic E-state index is 0.381. The summed E-state index contributed by atoms with van der Waals surface area (Å²) in [6, 6.07) is 2.56. The highest BCUT2D eigenvalue weighted by Crippen LogP contribution is 2.28. The highest BCUT2D eigenvalue weighted by atomic mass is 35.5. The average molecular weight is 301 g/mol. The monoisotopic (exact) mass is 300 g/mol. The zero-order chi connectivity index (χ0) is 13.0. The van der Waals surface area contributed by atoms with Crippen molar-refractivity contribution >= 4 is 34.3 Å². The molecule has 0 saturated carbocycles. The number of hydrogen-bond acceptors (Lipinski definition) is 4. The van der Waals surface area contributed by atoms with Gasteiger partial charge in [0, 0.05) is 11.9 Å². The van der Waals surface area contributed by atoms with Crippen molar-refractivity contribution in [3.63, 3.8) is 0 Å². The number of alkyl halides is 1. The largest absolute Gasteiger partial charge is 0.293 e. The zero-order valence-electron chi connectivity index (χ0n) is 10.6. The minimum Gasteiger partial charge on any atom is -0.293 e. The Balaban J connectivity index is 2.07. The van der Waals surface area contributed by atoms with E-state index in [1.807, 2.05) is 0 Å². The van der Waals surface area contributed by atoms with Crippen LogP contribution in [0.1, 0.15) is 35.7 Å². The van der Waals surface area contributed by atoms with Crippen molar-refractivity contribution in [3.05, 3.63) is 38.5 Å². The van der Waals surface area contributed by atoms with Crippen molar-refractivity contribution in [2.24, 2.45) is 0 Å². The fourth-order valence-corrected chi connectivity index (χ4v) is 3.95. The lowest BCUT2D eigenvalue weighted by Crippen LogP contribution is -2.23. The van der Waals surface area contributed by atoms with Gasteiger partial charge in [-0.25, -0.2) is 4.98 Å². The number of rotatable bonds is 6. The van der Waals surface area contributed by atoms with E-state index in [1.165, 1.54) is 10.6 Å². The zero-order valence-corrected chi connectivity index (χ0v) is 13.0. The van der Waals surface area contributed by atoms with Crippen molar-refractivity contribution in [2.45, 2.75) is 31.8 Å². The Morgan fingerprint density at radius 1 is 1.44 bits per heavy atom. The summed E-state index contributed by atoms with van der Waals surface area (Å²) >= 11 is 9.28. The maximum atomic E-state index is 5.81. The predicted molar refractivity (Wildman–Crippen MR) is 80.5 cm³/mol. The molecule has 18 heavy (non-hydrogen) atoms. The first-order valence-electron chi connectivity index (χ1n) is 5.96. The summed E-state index contributed by atoms with van der Waals surface area (Å²) in [5.74, 6) is 0.501. The summed E-state index contributed by atoms with van der Waals surface area (Å²) in [5, 5.41) is 7.56. The maximum Gasteiger partial charge on any atom is 0.110 e. The van der Waals surface area contributed by atoms with Crippen LogP contribution in [0.2, 0.25) is 0 Å². The molecule has 0 bridgehead atoms. The first-order valence-corrected chi connectivity index (χ1v) is 8.31. The first kappa shape index (κ1) is 14.0. The summed E-state index contributed by atoms with van der Waals surface area (Å²) in [4.78, 5) is 6.96. The molecule has 1 atom stereocenters. The van der Waals surface area contributed by atoms with E-state index in [0.717, 1.165) is 18.7 Å². The number of nitrogens with zero attached hydrogens (tertiary/aromatic N) is 2. The Hall–Kier alpha value is -0.420. The molecule has 2 aromatic rings. The summed E-state index contributed by atoms with van der Waals surface area (Å²) in [6.45, 7) is 3.17. The molecule has 0 fully saturated rings. The van der Waals surface area contributed by atoms with Crippen molar-refractivity contribution in [2.75, 3.05) is 7.05 Å². The lowest BCUT2D eigenvalue weighted by Gasteiger charge is -2.25. The van der Waals surface area contributed by atoms with Crippen molar-refractivity contribution in [3.8, 4) is 0 Å². The Bertz CT molecular complexity index is 467. The second kappa shape index (κ2) is 6.66. The van der Waals surface area contributed by atoms with E-state index >= 15 is 0 Å². The molecule has 0 aromatic carbocycles. The third kappa shape index (κ3) is 3.32. The van der Waals surface area contributed by atoms with Crippen LogP contribution in [0.3, 0.4) is 0 Å². The number of thiazole rings is 1. The number of hydrogen-bond donors (Lipinski definition) is 0. The fourth-order valence-electron chi connectivity index (χ4n) is 1.99. The Labute approximate surface area is 121 Å². The van der Waals surface area contributed by atoms with Crippen LogP contribution in [0, 0.1) is 0 Å². The summed E-state index contributed by atoms with van der Waals surface area (Å²) < 4.78 is 0. The third-order valence-corrected chi connectivity index (χ3v) is 4.92. The maximum absolute atomic E-state index is 5.81. The Morgan fingerprint density at radius 2 is 2.28 bits per heavy atom. The molecule has 0 spiro atoms. The molecule has 0 aliphatic carbocycles. The summed E-state index contributed by atoms with van der Waals surface area (Å²) in [6.07, 6.45) is 1.07. The Kier molecular flexibility index (Phi) is 5.18. The Morgan fingerprint density at radius 3 is 2.83 bits per heavy atom. The lowest BCUT2D eigenvalue weighted by atomic mass is 10.2. The van der Waals surface area contributed by atoms with Gasteiger partial charge in [-0.05, 0) is 35.9 Å². The van der Waals surface area contributed by atoms with Gasteiger partial charge in [0.1, 0.15) is 5.01 Å². The van der Waals surface area contributed by atoms with Crippen LogP contribution in [-0.2, 0) is 12.4 Å². The molecule has 0 N–H and O–H groups in total. The van der Waals surface area contributed by atoms with Crippen LogP contribution in [0.4, 0.5) is 0 Å². The van der Waals surface area contributed by atoms with Crippen LogP contribution in [-0.4, -0.2) is 16.9 Å². The second-order valence-electron chi connectivity index (χ2n) is 4.28. The molecule has 0 aliphatic heterocycles. The van der Waals surface area contributed by atoms with Crippen LogP contribution in [0.25, 0.3) is 0 Å². The molecule has 2 heterocycles. The topological polar surface area (TPSA) is 16.1 Å². The number of aromatic nitrogens is 1. The van der Waals surface area contributed by atoms with E-state index in [4.69, 9.17) is 11.6 Å². The van der Waals surface area contributed by atoms with E-state index < -0.39 is 0 Å². The van der Waals surface area contributed by atoms with Gasteiger partial charge in [-0.1, -0.05) is 6.92 Å². The third-order valence-electron chi connectivity index (χ3n) is 2.92. The molecule has 0 amide bonds. The van der Waals surface area contributed by atoms with Gasteiger partial charge in [-0.15, -0.1) is 22.9 Å². The van der Waals surface area contributed by atoms with Crippen LogP contribution in [0.5, 0.6) is 0 Å². The molecular weight excluding hydrogens is 284 g/mol. The molecular formula is C13H17ClN2S2. The molecule has 5 heteroatoms. The molecule has 2 aromatic heterocycles. The highest BCUT2D eigenvalue weighted by Gasteiger charge is 2.18. The minimum absolute atomic E-state index is 0.381. The SMILES string of the molecule is CCC(c1nc(CCl)cs1)N(C)Cc1ccsc1. The highest BCUT2D eigenvalue weighted by molar-refractivity contribution is 7.09. The normalized spacial score (nSPS) is 13.1. The molecule has 2 nitrogen and oxygen atoms in total. The lowest BCUT2D eigenvalue weighted by molar-refractivity contribution is 0.230. The fraction of sp³-hybridized carbons (Fsp3) is 0.462. The van der Waals surface area contributed by atoms with Crippen molar-refractivity contribution in [1.29, 1.82) is 0 Å². The van der Waals surface area contributed by atoms with Gasteiger partial charge in [0.15, 0.2) is 0 Å². The van der Waals surface area contributed by atoms with E-state index in [1.54, 1.807) is 22.7 Å². The van der Waals surface area contributed by atoms with Gasteiger partial charge in [-0.2, -0.15) is 11.3 Å². The quantitative estimate of drug-likeness (QED) is 0.729. The van der Waals surface area contributed by atoms with Crippen molar-refractivity contribution in [1.82, 2.24) is 9.88 Å². The van der Waals surface area contributed by atoms with Gasteiger partial charge in [0.2, 0.25) is 0 Å². The van der Waals surface area contributed by atoms with E-state index in [0.29, 0.717) is 11.9 Å². The molecule has 1 unspecified atom stereocenters. The van der Waals surface area contributed by atoms with Crippen LogP contribution in [0.15, 0.2) is 22.2 Å². The van der Waals surface area contributed by atoms with Crippen LogP contribution < -0.4 is 0 Å². The molecule has 2 rings (SSSR count).